The van der Waals surface area contributed by atoms with Gasteiger partial charge < -0.3 is 10.1 Å². The lowest BCUT2D eigenvalue weighted by Crippen LogP contribution is -2.51. The average Bonchev–Trinajstić information content (AvgIpc) is 2.47. The van der Waals surface area contributed by atoms with Gasteiger partial charge in [0.05, 0.1) is 4.75 Å². The Hall–Kier alpha value is -0.130. The molecule has 0 aromatic carbocycles. The Kier molecular flexibility index (Phi) is 6.09. The summed E-state index contributed by atoms with van der Waals surface area (Å²) in [6.07, 6.45) is 9.21. The summed E-state index contributed by atoms with van der Waals surface area (Å²) in [5.41, 5.74) is 0. The van der Waals surface area contributed by atoms with E-state index in [9.17, 15) is 8.42 Å². The van der Waals surface area contributed by atoms with E-state index in [1.165, 1.54) is 38.4 Å². The van der Waals surface area contributed by atoms with E-state index in [1.54, 1.807) is 0 Å². The number of nitrogens with one attached hydrogen (secondary N) is 1. The van der Waals surface area contributed by atoms with Crippen LogP contribution >= 0.6 is 0 Å². The molecule has 1 saturated carbocycles. The first-order valence-electron chi connectivity index (χ1n) is 8.45. The molecule has 21 heavy (non-hydrogen) atoms. The molecule has 0 radical (unpaired) electrons. The van der Waals surface area contributed by atoms with E-state index in [-0.39, 0.29) is 0 Å². The first-order valence-corrected chi connectivity index (χ1v) is 10.3. The Morgan fingerprint density at radius 1 is 1.19 bits per heavy atom. The van der Waals surface area contributed by atoms with Gasteiger partial charge >= 0.3 is 0 Å². The Morgan fingerprint density at radius 3 is 2.48 bits per heavy atom. The zero-order valence-electron chi connectivity index (χ0n) is 13.6. The van der Waals surface area contributed by atoms with Crippen LogP contribution in [-0.4, -0.2) is 45.7 Å². The fourth-order valence-electron chi connectivity index (χ4n) is 3.88. The van der Waals surface area contributed by atoms with E-state index >= 15 is 0 Å². The summed E-state index contributed by atoms with van der Waals surface area (Å²) in [6.45, 7) is 4.96. The summed E-state index contributed by atoms with van der Waals surface area (Å²) in [5, 5.41) is 3.48. The second-order valence-corrected chi connectivity index (χ2v) is 9.42. The third-order valence-corrected chi connectivity index (χ3v) is 7.67. The summed E-state index contributed by atoms with van der Waals surface area (Å²) >= 11 is 0. The normalized spacial score (nSPS) is 30.2. The molecule has 0 aromatic rings. The molecular weight excluding hydrogens is 286 g/mol. The summed E-state index contributed by atoms with van der Waals surface area (Å²) in [5.74, 6) is 1.60. The fourth-order valence-corrected chi connectivity index (χ4v) is 5.16. The lowest BCUT2D eigenvalue weighted by molar-refractivity contribution is 0.0740. The first-order chi connectivity index (χ1) is 9.97. The van der Waals surface area contributed by atoms with Gasteiger partial charge in [-0.2, -0.15) is 0 Å². The van der Waals surface area contributed by atoms with Crippen LogP contribution in [0.4, 0.5) is 0 Å². The summed E-state index contributed by atoms with van der Waals surface area (Å²) in [7, 11) is -3.05. The highest BCUT2D eigenvalue weighted by atomic mass is 32.2. The minimum Gasteiger partial charge on any atom is -0.381 e. The van der Waals surface area contributed by atoms with Crippen molar-refractivity contribution in [3.63, 3.8) is 0 Å². The average molecular weight is 317 g/mol. The first kappa shape index (κ1) is 17.2. The molecule has 1 saturated heterocycles. The molecule has 2 fully saturated rings. The van der Waals surface area contributed by atoms with E-state index < -0.39 is 14.6 Å². The van der Waals surface area contributed by atoms with Gasteiger partial charge in [0.1, 0.15) is 0 Å². The molecule has 2 atom stereocenters. The van der Waals surface area contributed by atoms with E-state index in [0.29, 0.717) is 32.6 Å². The van der Waals surface area contributed by atoms with Crippen LogP contribution in [0.15, 0.2) is 0 Å². The number of hydrogen-bond donors (Lipinski definition) is 1. The minimum absolute atomic E-state index is 0.566. The van der Waals surface area contributed by atoms with Gasteiger partial charge in [0.25, 0.3) is 0 Å². The third kappa shape index (κ3) is 4.42. The zero-order valence-corrected chi connectivity index (χ0v) is 14.4. The van der Waals surface area contributed by atoms with Crippen molar-refractivity contribution >= 4 is 9.84 Å². The Balaban J connectivity index is 1.85. The van der Waals surface area contributed by atoms with Crippen molar-refractivity contribution < 1.29 is 13.2 Å². The molecule has 1 N–H and O–H groups in total. The number of rotatable bonds is 6. The highest BCUT2D eigenvalue weighted by Crippen LogP contribution is 2.31. The molecule has 5 heteroatoms. The molecule has 2 rings (SSSR count). The van der Waals surface area contributed by atoms with Crippen molar-refractivity contribution in [2.24, 2.45) is 11.8 Å². The van der Waals surface area contributed by atoms with Crippen molar-refractivity contribution in [2.75, 3.05) is 32.6 Å². The van der Waals surface area contributed by atoms with Gasteiger partial charge in [0.2, 0.25) is 0 Å². The third-order valence-electron chi connectivity index (χ3n) is 5.54. The second kappa shape index (κ2) is 7.42. The van der Waals surface area contributed by atoms with Crippen molar-refractivity contribution in [1.29, 1.82) is 0 Å². The quantitative estimate of drug-likeness (QED) is 0.817. The predicted molar refractivity (Wildman–Crippen MR) is 86.2 cm³/mol. The van der Waals surface area contributed by atoms with Crippen LogP contribution in [-0.2, 0) is 14.6 Å². The van der Waals surface area contributed by atoms with Gasteiger partial charge in [-0.15, -0.1) is 0 Å². The van der Waals surface area contributed by atoms with Gasteiger partial charge in [0.15, 0.2) is 9.84 Å². The molecule has 4 nitrogen and oxygen atoms in total. The van der Waals surface area contributed by atoms with Gasteiger partial charge in [-0.05, 0) is 44.1 Å². The molecule has 1 aliphatic heterocycles. The Morgan fingerprint density at radius 2 is 1.86 bits per heavy atom. The number of ether oxygens (including phenoxy) is 1. The molecule has 0 spiro atoms. The minimum atomic E-state index is -3.05. The second-order valence-electron chi connectivity index (χ2n) is 7.01. The van der Waals surface area contributed by atoms with Gasteiger partial charge in [0, 0.05) is 26.0 Å². The maximum atomic E-state index is 12.2. The zero-order chi connectivity index (χ0) is 15.3. The summed E-state index contributed by atoms with van der Waals surface area (Å²) < 4.78 is 29.1. The summed E-state index contributed by atoms with van der Waals surface area (Å²) in [6, 6.07) is 0. The fraction of sp³-hybridized carbons (Fsp3) is 1.00. The lowest BCUT2D eigenvalue weighted by Gasteiger charge is -2.36. The van der Waals surface area contributed by atoms with Crippen molar-refractivity contribution in [3.8, 4) is 0 Å². The van der Waals surface area contributed by atoms with E-state index in [0.717, 1.165) is 18.4 Å². The smallest absolute Gasteiger partial charge is 0.154 e. The lowest BCUT2D eigenvalue weighted by atomic mass is 9.80. The highest BCUT2D eigenvalue weighted by molar-refractivity contribution is 7.92. The molecule has 0 aromatic heterocycles. The van der Waals surface area contributed by atoms with Crippen molar-refractivity contribution in [2.45, 2.75) is 56.6 Å². The van der Waals surface area contributed by atoms with Crippen LogP contribution in [0.2, 0.25) is 0 Å². The maximum Gasteiger partial charge on any atom is 0.154 e. The van der Waals surface area contributed by atoms with E-state index in [1.807, 2.05) is 0 Å². The molecular formula is C16H31NO3S. The standard InChI is InChI=1S/C16H31NO3S/c1-3-14-5-4-6-15(11-14)12-17-13-16(21(2,18)19)7-9-20-10-8-16/h14-15,17H,3-13H2,1-2H3/t14-,15+/m1/s1. The molecule has 124 valence electrons. The van der Waals surface area contributed by atoms with E-state index in [2.05, 4.69) is 12.2 Å². The highest BCUT2D eigenvalue weighted by Gasteiger charge is 2.42. The van der Waals surface area contributed by atoms with Crippen LogP contribution in [0.3, 0.4) is 0 Å². The SMILES string of the molecule is CC[C@@H]1CCC[C@H](CNCC2(S(C)(=O)=O)CCOCC2)C1. The molecule has 1 aliphatic carbocycles. The molecule has 1 heterocycles. The van der Waals surface area contributed by atoms with Crippen molar-refractivity contribution in [3.05, 3.63) is 0 Å². The predicted octanol–water partition coefficient (Wildman–Crippen LogP) is 2.39. The molecule has 0 amide bonds. The van der Waals surface area contributed by atoms with Crippen LogP contribution in [0.25, 0.3) is 0 Å². The molecule has 0 bridgehead atoms. The molecule has 2 aliphatic rings. The van der Waals surface area contributed by atoms with Crippen LogP contribution in [0.5, 0.6) is 0 Å². The topological polar surface area (TPSA) is 55.4 Å². The monoisotopic (exact) mass is 317 g/mol. The van der Waals surface area contributed by atoms with Crippen LogP contribution in [0.1, 0.15) is 51.9 Å². The maximum absolute atomic E-state index is 12.2. The van der Waals surface area contributed by atoms with Crippen LogP contribution < -0.4 is 5.32 Å². The van der Waals surface area contributed by atoms with Crippen molar-refractivity contribution in [1.82, 2.24) is 5.32 Å². The van der Waals surface area contributed by atoms with Gasteiger partial charge in [-0.25, -0.2) is 8.42 Å². The van der Waals surface area contributed by atoms with Crippen LogP contribution in [0, 0.1) is 11.8 Å². The summed E-state index contributed by atoms with van der Waals surface area (Å²) in [4.78, 5) is 0. The number of hydrogen-bond acceptors (Lipinski definition) is 4. The molecule has 0 unspecified atom stereocenters. The Bertz CT molecular complexity index is 415. The van der Waals surface area contributed by atoms with Gasteiger partial charge in [-0.3, -0.25) is 0 Å². The van der Waals surface area contributed by atoms with E-state index in [4.69, 9.17) is 4.74 Å². The Labute approximate surface area is 129 Å². The number of sulfone groups is 1. The van der Waals surface area contributed by atoms with Gasteiger partial charge in [-0.1, -0.05) is 26.2 Å². The largest absolute Gasteiger partial charge is 0.381 e.